The minimum atomic E-state index is 0. The van der Waals surface area contributed by atoms with Crippen molar-refractivity contribution in [3.8, 4) is 0 Å². The molecule has 1 heterocycles. The summed E-state index contributed by atoms with van der Waals surface area (Å²) in [6.07, 6.45) is 4.58. The van der Waals surface area contributed by atoms with Crippen LogP contribution in [-0.2, 0) is 0 Å². The van der Waals surface area contributed by atoms with Crippen molar-refractivity contribution in [2.75, 3.05) is 26.7 Å². The number of likely N-dealkylation sites (tertiary alicyclic amines) is 1. The second kappa shape index (κ2) is 9.00. The van der Waals surface area contributed by atoms with Gasteiger partial charge >= 0.3 is 0 Å². The highest BCUT2D eigenvalue weighted by Gasteiger charge is 2.16. The van der Waals surface area contributed by atoms with Crippen LogP contribution < -0.4 is 5.32 Å². The molecule has 0 saturated carbocycles. The van der Waals surface area contributed by atoms with E-state index in [1.54, 1.807) is 0 Å². The molecule has 0 aliphatic carbocycles. The molecule has 0 bridgehead atoms. The molecule has 1 fully saturated rings. The fourth-order valence-electron chi connectivity index (χ4n) is 2.43. The number of piperidine rings is 1. The molecule has 1 aliphatic heterocycles. The molecule has 0 amide bonds. The van der Waals surface area contributed by atoms with E-state index in [0.717, 1.165) is 38.4 Å². The molecule has 0 spiro atoms. The summed E-state index contributed by atoms with van der Waals surface area (Å²) in [7, 11) is 1.85. The van der Waals surface area contributed by atoms with Gasteiger partial charge in [0.1, 0.15) is 0 Å². The van der Waals surface area contributed by atoms with Gasteiger partial charge in [-0.2, -0.15) is 0 Å². The van der Waals surface area contributed by atoms with Crippen molar-refractivity contribution in [1.82, 2.24) is 10.2 Å². The fourth-order valence-corrected chi connectivity index (χ4v) is 2.43. The first-order valence-corrected chi connectivity index (χ1v) is 7.03. The Morgan fingerprint density at radius 2 is 1.90 bits per heavy atom. The Labute approximate surface area is 139 Å². The number of nitrogens with one attached hydrogen (secondary N) is 1. The third-order valence-electron chi connectivity index (χ3n) is 3.42. The number of guanidine groups is 1. The number of benzene rings is 1. The highest BCUT2D eigenvalue weighted by Crippen LogP contribution is 2.19. The summed E-state index contributed by atoms with van der Waals surface area (Å²) in [5.74, 6) is 1.03. The second-order valence-corrected chi connectivity index (χ2v) is 4.78. The van der Waals surface area contributed by atoms with Crippen molar-refractivity contribution in [1.29, 1.82) is 0 Å². The van der Waals surface area contributed by atoms with Gasteiger partial charge in [-0.1, -0.05) is 42.0 Å². The monoisotopic (exact) mass is 385 g/mol. The van der Waals surface area contributed by atoms with Crippen LogP contribution in [0.5, 0.6) is 0 Å². The normalized spacial score (nSPS) is 15.6. The SMILES string of the molecule is CCNC(=NC)N1CCC(=Cc2ccccc2)CC1.I. The lowest BCUT2D eigenvalue weighted by atomic mass is 10.0. The lowest BCUT2D eigenvalue weighted by Crippen LogP contribution is -2.44. The van der Waals surface area contributed by atoms with E-state index in [-0.39, 0.29) is 24.0 Å². The van der Waals surface area contributed by atoms with Gasteiger partial charge in [-0.15, -0.1) is 24.0 Å². The molecule has 0 unspecified atom stereocenters. The number of rotatable bonds is 2. The Hall–Kier alpha value is -1.04. The predicted molar refractivity (Wildman–Crippen MR) is 97.7 cm³/mol. The number of hydrogen-bond acceptors (Lipinski definition) is 1. The summed E-state index contributed by atoms with van der Waals surface area (Å²) in [6, 6.07) is 10.6. The molecule has 2 rings (SSSR count). The molecule has 1 aliphatic rings. The molecule has 3 nitrogen and oxygen atoms in total. The first kappa shape index (κ1) is 17.0. The van der Waals surface area contributed by atoms with E-state index >= 15 is 0 Å². The van der Waals surface area contributed by atoms with Crippen molar-refractivity contribution < 1.29 is 0 Å². The van der Waals surface area contributed by atoms with Crippen molar-refractivity contribution >= 4 is 36.0 Å². The average Bonchev–Trinajstić information content (AvgIpc) is 2.47. The first-order valence-electron chi connectivity index (χ1n) is 7.03. The highest BCUT2D eigenvalue weighted by molar-refractivity contribution is 14.0. The second-order valence-electron chi connectivity index (χ2n) is 4.78. The van der Waals surface area contributed by atoms with Crippen LogP contribution in [-0.4, -0.2) is 37.5 Å². The van der Waals surface area contributed by atoms with Crippen molar-refractivity contribution in [2.24, 2.45) is 4.99 Å². The molecule has 4 heteroatoms. The van der Waals surface area contributed by atoms with Crippen LogP contribution in [0.25, 0.3) is 6.08 Å². The molecule has 20 heavy (non-hydrogen) atoms. The Morgan fingerprint density at radius 3 is 2.45 bits per heavy atom. The quantitative estimate of drug-likeness (QED) is 0.480. The van der Waals surface area contributed by atoms with Gasteiger partial charge in [0.05, 0.1) is 0 Å². The first-order chi connectivity index (χ1) is 9.33. The van der Waals surface area contributed by atoms with Gasteiger partial charge in [-0.3, -0.25) is 4.99 Å². The van der Waals surface area contributed by atoms with Crippen molar-refractivity contribution in [3.05, 3.63) is 41.5 Å². The summed E-state index contributed by atoms with van der Waals surface area (Å²) in [4.78, 5) is 6.66. The fraction of sp³-hybridized carbons (Fsp3) is 0.438. The maximum absolute atomic E-state index is 4.32. The third kappa shape index (κ3) is 4.81. The lowest BCUT2D eigenvalue weighted by Gasteiger charge is -2.31. The van der Waals surface area contributed by atoms with E-state index in [4.69, 9.17) is 0 Å². The maximum atomic E-state index is 4.32. The van der Waals surface area contributed by atoms with Crippen LogP contribution >= 0.6 is 24.0 Å². The van der Waals surface area contributed by atoms with Gasteiger partial charge in [0, 0.05) is 26.7 Å². The van der Waals surface area contributed by atoms with Crippen LogP contribution in [0.15, 0.2) is 40.9 Å². The smallest absolute Gasteiger partial charge is 0.193 e. The number of aliphatic imine (C=N–C) groups is 1. The summed E-state index contributed by atoms with van der Waals surface area (Å²) in [5, 5.41) is 3.32. The molecule has 0 radical (unpaired) electrons. The van der Waals surface area contributed by atoms with Gasteiger partial charge in [0.2, 0.25) is 0 Å². The molecule has 1 aromatic carbocycles. The predicted octanol–water partition coefficient (Wildman–Crippen LogP) is 3.38. The van der Waals surface area contributed by atoms with Crippen LogP contribution in [0.4, 0.5) is 0 Å². The largest absolute Gasteiger partial charge is 0.357 e. The molecule has 1 aromatic rings. The topological polar surface area (TPSA) is 27.6 Å². The van der Waals surface area contributed by atoms with E-state index in [1.807, 2.05) is 7.05 Å². The summed E-state index contributed by atoms with van der Waals surface area (Å²) < 4.78 is 0. The highest BCUT2D eigenvalue weighted by atomic mass is 127. The van der Waals surface area contributed by atoms with Crippen LogP contribution in [0, 0.1) is 0 Å². The zero-order chi connectivity index (χ0) is 13.5. The van der Waals surface area contributed by atoms with Gasteiger partial charge in [-0.05, 0) is 25.3 Å². The van der Waals surface area contributed by atoms with E-state index in [9.17, 15) is 0 Å². The zero-order valence-electron chi connectivity index (χ0n) is 12.3. The third-order valence-corrected chi connectivity index (χ3v) is 3.42. The van der Waals surface area contributed by atoms with E-state index < -0.39 is 0 Å². The summed E-state index contributed by atoms with van der Waals surface area (Å²) in [6.45, 7) is 5.14. The van der Waals surface area contributed by atoms with Crippen molar-refractivity contribution in [2.45, 2.75) is 19.8 Å². The number of nitrogens with zero attached hydrogens (tertiary/aromatic N) is 2. The zero-order valence-corrected chi connectivity index (χ0v) is 14.6. The summed E-state index contributed by atoms with van der Waals surface area (Å²) in [5.41, 5.74) is 2.84. The number of halogens is 1. The Bertz CT molecular complexity index is 444. The average molecular weight is 385 g/mol. The Morgan fingerprint density at radius 1 is 1.25 bits per heavy atom. The Balaban J connectivity index is 0.00000200. The molecular weight excluding hydrogens is 361 g/mol. The minimum absolute atomic E-state index is 0. The van der Waals surface area contributed by atoms with E-state index in [0.29, 0.717) is 0 Å². The minimum Gasteiger partial charge on any atom is -0.357 e. The molecule has 110 valence electrons. The lowest BCUT2D eigenvalue weighted by molar-refractivity contribution is 0.376. The van der Waals surface area contributed by atoms with Gasteiger partial charge < -0.3 is 10.2 Å². The van der Waals surface area contributed by atoms with Crippen LogP contribution in [0.1, 0.15) is 25.3 Å². The molecule has 0 atom stereocenters. The van der Waals surface area contributed by atoms with Crippen molar-refractivity contribution in [3.63, 3.8) is 0 Å². The molecular formula is C16H24IN3. The van der Waals surface area contributed by atoms with E-state index in [2.05, 4.69) is 58.5 Å². The van der Waals surface area contributed by atoms with E-state index in [1.165, 1.54) is 11.1 Å². The standard InChI is InChI=1S/C16H23N3.HI/c1-3-18-16(17-2)19-11-9-15(10-12-19)13-14-7-5-4-6-8-14;/h4-8,13H,3,9-12H2,1-2H3,(H,17,18);1H. The number of hydrogen-bond donors (Lipinski definition) is 1. The maximum Gasteiger partial charge on any atom is 0.193 e. The van der Waals surface area contributed by atoms with Gasteiger partial charge in [0.15, 0.2) is 5.96 Å². The molecule has 0 aromatic heterocycles. The van der Waals surface area contributed by atoms with Gasteiger partial charge in [0.25, 0.3) is 0 Å². The van der Waals surface area contributed by atoms with Crippen LogP contribution in [0.2, 0.25) is 0 Å². The molecule has 1 saturated heterocycles. The van der Waals surface area contributed by atoms with Gasteiger partial charge in [-0.25, -0.2) is 0 Å². The summed E-state index contributed by atoms with van der Waals surface area (Å²) >= 11 is 0. The van der Waals surface area contributed by atoms with Crippen LogP contribution in [0.3, 0.4) is 0 Å². The Kier molecular flexibility index (Phi) is 7.65. The molecule has 1 N–H and O–H groups in total.